The second kappa shape index (κ2) is 5.33. The maximum absolute atomic E-state index is 10.7. The van der Waals surface area contributed by atoms with Crippen LogP contribution in [0.5, 0.6) is 0 Å². The van der Waals surface area contributed by atoms with E-state index in [1.54, 1.807) is 0 Å². The normalized spacial score (nSPS) is 10.4. The van der Waals surface area contributed by atoms with E-state index in [9.17, 15) is 28.6 Å². The number of benzene rings is 1. The van der Waals surface area contributed by atoms with Gasteiger partial charge in [0.2, 0.25) is 0 Å². The third kappa shape index (κ3) is 3.57. The summed E-state index contributed by atoms with van der Waals surface area (Å²) >= 11 is 0. The molecule has 0 aliphatic carbocycles. The molecule has 0 saturated carbocycles. The summed E-state index contributed by atoms with van der Waals surface area (Å²) in [6.45, 7) is 0. The average Bonchev–Trinajstić information content (AvgIpc) is 2.15. The molecule has 0 heterocycles. The Balaban J connectivity index is 0.00000256. The van der Waals surface area contributed by atoms with Crippen molar-refractivity contribution in [1.29, 1.82) is 0 Å². The first-order valence-electron chi connectivity index (χ1n) is 3.64. The van der Waals surface area contributed by atoms with Gasteiger partial charge in [-0.25, -0.2) is 0 Å². The van der Waals surface area contributed by atoms with E-state index in [0.717, 1.165) is 6.07 Å². The van der Waals surface area contributed by atoms with Crippen LogP contribution in [0.15, 0.2) is 23.1 Å². The Morgan fingerprint density at radius 1 is 1.12 bits per heavy atom. The molecule has 0 amide bonds. The second-order valence-electron chi connectivity index (χ2n) is 2.64. The monoisotopic (exact) mass is 355 g/mol. The van der Waals surface area contributed by atoms with E-state index < -0.39 is 36.2 Å². The molecular formula is C6H4AgN2O7S. The Morgan fingerprint density at radius 3 is 2.00 bits per heavy atom. The standard InChI is InChI=1S/C6H4N2O7S.Ag/c9-7(10)4-1-2-6(16(13,14)15)5(3-4)8(11)12;/h1-3H,(H,13,14,15);. The van der Waals surface area contributed by atoms with Gasteiger partial charge in [0, 0.05) is 28.4 Å². The van der Waals surface area contributed by atoms with Crippen molar-refractivity contribution >= 4 is 21.5 Å². The third-order valence-corrected chi connectivity index (χ3v) is 2.53. The van der Waals surface area contributed by atoms with Crippen molar-refractivity contribution in [2.75, 3.05) is 0 Å². The summed E-state index contributed by atoms with van der Waals surface area (Å²) in [5.41, 5.74) is -1.68. The minimum atomic E-state index is -4.79. The number of nitro groups is 2. The number of nitrogens with zero attached hydrogens (tertiary/aromatic N) is 2. The summed E-state index contributed by atoms with van der Waals surface area (Å²) in [4.78, 5) is 17.7. The van der Waals surface area contributed by atoms with Crippen LogP contribution in [0.1, 0.15) is 0 Å². The van der Waals surface area contributed by atoms with Gasteiger partial charge in [0.25, 0.3) is 11.4 Å². The molecule has 0 aromatic heterocycles. The van der Waals surface area contributed by atoms with E-state index in [2.05, 4.69) is 0 Å². The molecule has 1 N–H and O–H groups in total. The Kier molecular flexibility index (Phi) is 4.92. The first-order valence-corrected chi connectivity index (χ1v) is 5.08. The maximum Gasteiger partial charge on any atom is 0.301 e. The molecule has 0 spiro atoms. The first-order chi connectivity index (χ1) is 7.23. The minimum Gasteiger partial charge on any atom is -0.282 e. The Morgan fingerprint density at radius 2 is 1.65 bits per heavy atom. The van der Waals surface area contributed by atoms with Crippen molar-refractivity contribution in [3.8, 4) is 0 Å². The molecule has 11 heteroatoms. The summed E-state index contributed by atoms with van der Waals surface area (Å²) in [7, 11) is -4.79. The topological polar surface area (TPSA) is 141 Å². The number of rotatable bonds is 3. The molecule has 97 valence electrons. The van der Waals surface area contributed by atoms with Gasteiger partial charge in [0.1, 0.15) is 0 Å². The summed E-state index contributed by atoms with van der Waals surface area (Å²) in [5, 5.41) is 20.8. The van der Waals surface area contributed by atoms with Crippen LogP contribution in [0.4, 0.5) is 11.4 Å². The number of hydrogen-bond donors (Lipinski definition) is 1. The molecule has 0 aliphatic heterocycles. The van der Waals surface area contributed by atoms with E-state index >= 15 is 0 Å². The molecule has 0 aliphatic rings. The molecule has 9 nitrogen and oxygen atoms in total. The summed E-state index contributed by atoms with van der Waals surface area (Å²) in [6.07, 6.45) is 0. The molecular weight excluding hydrogens is 352 g/mol. The molecule has 1 aromatic rings. The maximum atomic E-state index is 10.7. The van der Waals surface area contributed by atoms with Crippen LogP contribution in [-0.4, -0.2) is 22.8 Å². The molecule has 1 rings (SSSR count). The van der Waals surface area contributed by atoms with Gasteiger partial charge in [-0.3, -0.25) is 24.8 Å². The van der Waals surface area contributed by atoms with Crippen molar-refractivity contribution in [3.05, 3.63) is 38.4 Å². The van der Waals surface area contributed by atoms with E-state index in [0.29, 0.717) is 12.1 Å². The van der Waals surface area contributed by atoms with Crippen molar-refractivity contribution in [2.45, 2.75) is 4.90 Å². The SMILES string of the molecule is O=[N+]([O-])c1ccc(S(=O)(=O)O)c([N+](=O)[O-])c1.[Ag]. The fourth-order valence-corrected chi connectivity index (χ4v) is 1.62. The summed E-state index contributed by atoms with van der Waals surface area (Å²) in [5.74, 6) is 0. The van der Waals surface area contributed by atoms with Gasteiger partial charge >= 0.3 is 10.1 Å². The Bertz CT molecular complexity index is 570. The smallest absolute Gasteiger partial charge is 0.282 e. The minimum absolute atomic E-state index is 0. The van der Waals surface area contributed by atoms with Crippen molar-refractivity contribution < 1.29 is 45.2 Å². The van der Waals surface area contributed by atoms with Gasteiger partial charge in [-0.15, -0.1) is 0 Å². The Hall–Kier alpha value is -1.33. The van der Waals surface area contributed by atoms with Crippen LogP contribution in [0, 0.1) is 20.2 Å². The zero-order valence-corrected chi connectivity index (χ0v) is 10.0. The van der Waals surface area contributed by atoms with Crippen LogP contribution in [0.3, 0.4) is 0 Å². The second-order valence-corrected chi connectivity index (χ2v) is 4.03. The first kappa shape index (κ1) is 15.7. The molecule has 0 fully saturated rings. The quantitative estimate of drug-likeness (QED) is 0.365. The van der Waals surface area contributed by atoms with E-state index in [1.165, 1.54) is 0 Å². The summed E-state index contributed by atoms with van der Waals surface area (Å²) < 4.78 is 30.1. The average molecular weight is 356 g/mol. The predicted molar refractivity (Wildman–Crippen MR) is 49.6 cm³/mol. The molecule has 0 unspecified atom stereocenters. The molecule has 0 atom stereocenters. The van der Waals surface area contributed by atoms with Gasteiger partial charge in [0.15, 0.2) is 4.90 Å². The van der Waals surface area contributed by atoms with E-state index in [1.807, 2.05) is 0 Å². The van der Waals surface area contributed by atoms with Crippen LogP contribution >= 0.6 is 0 Å². The Labute approximate surface area is 110 Å². The van der Waals surface area contributed by atoms with Gasteiger partial charge in [-0.05, 0) is 6.07 Å². The third-order valence-electron chi connectivity index (χ3n) is 1.63. The molecule has 1 aromatic carbocycles. The van der Waals surface area contributed by atoms with Crippen molar-refractivity contribution in [2.24, 2.45) is 0 Å². The number of non-ortho nitro benzene ring substituents is 1. The molecule has 1 radical (unpaired) electrons. The van der Waals surface area contributed by atoms with Gasteiger partial charge in [-0.2, -0.15) is 8.42 Å². The van der Waals surface area contributed by atoms with Crippen LogP contribution in [0.2, 0.25) is 0 Å². The fourth-order valence-electron chi connectivity index (χ4n) is 0.980. The van der Waals surface area contributed by atoms with Crippen LogP contribution in [0.25, 0.3) is 0 Å². The zero-order valence-electron chi connectivity index (χ0n) is 7.73. The van der Waals surface area contributed by atoms with Crippen molar-refractivity contribution in [1.82, 2.24) is 0 Å². The zero-order chi connectivity index (χ0) is 12.5. The predicted octanol–water partition coefficient (Wildman–Crippen LogP) is 0.747. The largest absolute Gasteiger partial charge is 0.301 e. The number of nitro benzene ring substituents is 2. The van der Waals surface area contributed by atoms with Crippen LogP contribution in [-0.2, 0) is 32.5 Å². The van der Waals surface area contributed by atoms with E-state index in [4.69, 9.17) is 4.55 Å². The molecule has 0 saturated heterocycles. The van der Waals surface area contributed by atoms with Crippen molar-refractivity contribution in [3.63, 3.8) is 0 Å². The molecule has 17 heavy (non-hydrogen) atoms. The van der Waals surface area contributed by atoms with Gasteiger partial charge in [-0.1, -0.05) is 0 Å². The number of hydrogen-bond acceptors (Lipinski definition) is 6. The van der Waals surface area contributed by atoms with Gasteiger partial charge < -0.3 is 0 Å². The fraction of sp³-hybridized carbons (Fsp3) is 0. The molecule has 0 bridgehead atoms. The van der Waals surface area contributed by atoms with Crippen LogP contribution < -0.4 is 0 Å². The summed E-state index contributed by atoms with van der Waals surface area (Å²) in [6, 6.07) is 1.81. The van der Waals surface area contributed by atoms with E-state index in [-0.39, 0.29) is 22.4 Å². The van der Waals surface area contributed by atoms with Gasteiger partial charge in [0.05, 0.1) is 15.9 Å².